The number of benzene rings is 1. The number of carboxylic acids is 1. The third-order valence-corrected chi connectivity index (χ3v) is 3.89. The van der Waals surface area contributed by atoms with Crippen LogP contribution < -0.4 is 10.1 Å². The second-order valence-corrected chi connectivity index (χ2v) is 5.65. The summed E-state index contributed by atoms with van der Waals surface area (Å²) >= 11 is 1.54. The van der Waals surface area contributed by atoms with E-state index in [4.69, 9.17) is 9.84 Å². The van der Waals surface area contributed by atoms with Gasteiger partial charge in [0, 0.05) is 22.8 Å². The molecule has 0 saturated heterocycles. The fourth-order valence-corrected chi connectivity index (χ4v) is 2.85. The number of nitrogens with one attached hydrogen (secondary N) is 1. The van der Waals surface area contributed by atoms with Gasteiger partial charge in [-0.15, -0.1) is 11.3 Å². The highest BCUT2D eigenvalue weighted by atomic mass is 32.1. The van der Waals surface area contributed by atoms with Crippen LogP contribution in [-0.2, 0) is 24.3 Å². The Kier molecular flexibility index (Phi) is 5.15. The summed E-state index contributed by atoms with van der Waals surface area (Å²) in [7, 11) is 1.65. The smallest absolute Gasteiger partial charge is 0.308 e. The van der Waals surface area contributed by atoms with Crippen molar-refractivity contribution in [1.82, 2.24) is 5.32 Å². The van der Waals surface area contributed by atoms with Crippen LogP contribution in [0.3, 0.4) is 0 Å². The van der Waals surface area contributed by atoms with Crippen LogP contribution in [0.2, 0.25) is 0 Å². The van der Waals surface area contributed by atoms with Crippen molar-refractivity contribution in [3.8, 4) is 5.75 Å². The average Bonchev–Trinajstić information content (AvgIpc) is 2.86. The average molecular weight is 291 g/mol. The van der Waals surface area contributed by atoms with Crippen molar-refractivity contribution in [3.63, 3.8) is 0 Å². The van der Waals surface area contributed by atoms with Gasteiger partial charge in [-0.2, -0.15) is 0 Å². The van der Waals surface area contributed by atoms with E-state index in [2.05, 4.69) is 5.32 Å². The quantitative estimate of drug-likeness (QED) is 0.823. The normalized spacial score (nSPS) is 10.4. The van der Waals surface area contributed by atoms with Gasteiger partial charge in [0.05, 0.1) is 13.5 Å². The van der Waals surface area contributed by atoms with Gasteiger partial charge in [-0.05, 0) is 29.8 Å². The third-order valence-electron chi connectivity index (χ3n) is 2.81. The van der Waals surface area contributed by atoms with Crippen molar-refractivity contribution < 1.29 is 14.6 Å². The molecule has 5 heteroatoms. The van der Waals surface area contributed by atoms with Gasteiger partial charge in [0.2, 0.25) is 0 Å². The number of thiophene rings is 1. The molecule has 1 aromatic heterocycles. The van der Waals surface area contributed by atoms with Crippen molar-refractivity contribution in [2.24, 2.45) is 0 Å². The molecule has 2 rings (SSSR count). The monoisotopic (exact) mass is 291 g/mol. The summed E-state index contributed by atoms with van der Waals surface area (Å²) in [4.78, 5) is 12.6. The molecular weight excluding hydrogens is 274 g/mol. The molecule has 0 saturated carbocycles. The van der Waals surface area contributed by atoms with Crippen LogP contribution in [0.5, 0.6) is 5.75 Å². The maximum atomic E-state index is 10.6. The first kappa shape index (κ1) is 14.6. The zero-order chi connectivity index (χ0) is 14.4. The van der Waals surface area contributed by atoms with E-state index in [1.165, 1.54) is 11.3 Å². The number of carbonyl (C=O) groups is 1. The van der Waals surface area contributed by atoms with Crippen molar-refractivity contribution in [3.05, 3.63) is 51.7 Å². The second kappa shape index (κ2) is 7.07. The number of aliphatic carboxylic acids is 1. The molecule has 0 atom stereocenters. The van der Waals surface area contributed by atoms with E-state index in [0.717, 1.165) is 34.2 Å². The zero-order valence-corrected chi connectivity index (χ0v) is 12.1. The Morgan fingerprint density at radius 3 is 2.80 bits per heavy atom. The van der Waals surface area contributed by atoms with E-state index in [1.807, 2.05) is 36.4 Å². The van der Waals surface area contributed by atoms with Crippen LogP contribution in [-0.4, -0.2) is 18.2 Å². The number of methoxy groups -OCH3 is 1. The van der Waals surface area contributed by atoms with Gasteiger partial charge in [0.25, 0.3) is 0 Å². The summed E-state index contributed by atoms with van der Waals surface area (Å²) in [5.41, 5.74) is 1.16. The maximum Gasteiger partial charge on any atom is 0.308 e. The number of hydrogen-bond acceptors (Lipinski definition) is 4. The molecule has 20 heavy (non-hydrogen) atoms. The summed E-state index contributed by atoms with van der Waals surface area (Å²) < 4.78 is 5.18. The Hall–Kier alpha value is -1.85. The van der Waals surface area contributed by atoms with Crippen LogP contribution in [0, 0.1) is 0 Å². The van der Waals surface area contributed by atoms with Crippen molar-refractivity contribution >= 4 is 17.3 Å². The molecule has 4 nitrogen and oxygen atoms in total. The first-order valence-electron chi connectivity index (χ1n) is 6.30. The minimum absolute atomic E-state index is 0.0978. The molecule has 0 aliphatic carbocycles. The molecule has 0 spiro atoms. The highest BCUT2D eigenvalue weighted by molar-refractivity contribution is 7.12. The van der Waals surface area contributed by atoms with Crippen LogP contribution in [0.1, 0.15) is 15.3 Å². The van der Waals surface area contributed by atoms with Crippen molar-refractivity contribution in [2.75, 3.05) is 7.11 Å². The van der Waals surface area contributed by atoms with E-state index in [-0.39, 0.29) is 6.42 Å². The first-order chi connectivity index (χ1) is 9.67. The lowest BCUT2D eigenvalue weighted by atomic mass is 10.2. The Labute approximate surface area is 122 Å². The molecular formula is C15H17NO3S. The molecule has 0 amide bonds. The van der Waals surface area contributed by atoms with Crippen LogP contribution >= 0.6 is 11.3 Å². The van der Waals surface area contributed by atoms with E-state index in [1.54, 1.807) is 7.11 Å². The van der Waals surface area contributed by atoms with Gasteiger partial charge in [0.15, 0.2) is 0 Å². The van der Waals surface area contributed by atoms with Crippen LogP contribution in [0.25, 0.3) is 0 Å². The van der Waals surface area contributed by atoms with Gasteiger partial charge in [0.1, 0.15) is 5.75 Å². The molecule has 0 aliphatic heterocycles. The molecule has 1 aromatic carbocycles. The Morgan fingerprint density at radius 1 is 1.25 bits per heavy atom. The summed E-state index contributed by atoms with van der Waals surface area (Å²) in [6.07, 6.45) is 0.0978. The van der Waals surface area contributed by atoms with Gasteiger partial charge < -0.3 is 15.2 Å². The number of rotatable bonds is 7. The predicted octanol–water partition coefficient (Wildman–Crippen LogP) is 2.67. The van der Waals surface area contributed by atoms with Gasteiger partial charge in [-0.3, -0.25) is 4.79 Å². The molecule has 1 heterocycles. The highest BCUT2D eigenvalue weighted by Gasteiger charge is 2.04. The Morgan fingerprint density at radius 2 is 2.05 bits per heavy atom. The van der Waals surface area contributed by atoms with E-state index in [0.29, 0.717) is 0 Å². The van der Waals surface area contributed by atoms with E-state index >= 15 is 0 Å². The molecule has 0 radical (unpaired) electrons. The van der Waals surface area contributed by atoms with Crippen molar-refractivity contribution in [2.45, 2.75) is 19.5 Å². The molecule has 0 unspecified atom stereocenters. The fraction of sp³-hybridized carbons (Fsp3) is 0.267. The minimum Gasteiger partial charge on any atom is -0.497 e. The summed E-state index contributed by atoms with van der Waals surface area (Å²) in [5, 5.41) is 12.1. The fourth-order valence-electron chi connectivity index (χ4n) is 1.87. The SMILES string of the molecule is COc1cccc(CNCc2ccc(CC(=O)O)s2)c1. The second-order valence-electron chi connectivity index (χ2n) is 4.39. The molecule has 0 aliphatic rings. The van der Waals surface area contributed by atoms with E-state index < -0.39 is 5.97 Å². The van der Waals surface area contributed by atoms with Gasteiger partial charge >= 0.3 is 5.97 Å². The number of hydrogen-bond donors (Lipinski definition) is 2. The lowest BCUT2D eigenvalue weighted by Gasteiger charge is -2.05. The molecule has 0 fully saturated rings. The lowest BCUT2D eigenvalue weighted by Crippen LogP contribution is -2.11. The van der Waals surface area contributed by atoms with E-state index in [9.17, 15) is 4.79 Å². The largest absolute Gasteiger partial charge is 0.497 e. The van der Waals surface area contributed by atoms with Gasteiger partial charge in [-0.1, -0.05) is 12.1 Å². The zero-order valence-electron chi connectivity index (χ0n) is 11.3. The summed E-state index contributed by atoms with van der Waals surface area (Å²) in [5.74, 6) is 0.0620. The Balaban J connectivity index is 1.83. The molecule has 2 N–H and O–H groups in total. The topological polar surface area (TPSA) is 58.6 Å². The van der Waals surface area contributed by atoms with Gasteiger partial charge in [-0.25, -0.2) is 0 Å². The van der Waals surface area contributed by atoms with Crippen molar-refractivity contribution in [1.29, 1.82) is 0 Å². The molecule has 0 bridgehead atoms. The third kappa shape index (κ3) is 4.36. The number of carboxylic acid groups (broad SMARTS) is 1. The predicted molar refractivity (Wildman–Crippen MR) is 79.2 cm³/mol. The Bertz CT molecular complexity index is 580. The number of ether oxygens (including phenoxy) is 1. The molecule has 2 aromatic rings. The highest BCUT2D eigenvalue weighted by Crippen LogP contribution is 2.17. The first-order valence-corrected chi connectivity index (χ1v) is 7.12. The minimum atomic E-state index is -0.789. The maximum absolute atomic E-state index is 10.6. The summed E-state index contributed by atoms with van der Waals surface area (Å²) in [6, 6.07) is 11.8. The van der Waals surface area contributed by atoms with Crippen LogP contribution in [0.15, 0.2) is 36.4 Å². The lowest BCUT2D eigenvalue weighted by molar-refractivity contribution is -0.136. The summed E-state index contributed by atoms with van der Waals surface area (Å²) in [6.45, 7) is 1.49. The standard InChI is InChI=1S/C15H17NO3S/c1-19-12-4-2-3-11(7-12)9-16-10-14-6-5-13(20-14)8-15(17)18/h2-7,16H,8-10H2,1H3,(H,17,18). The van der Waals surface area contributed by atoms with Crippen LogP contribution in [0.4, 0.5) is 0 Å². The molecule has 106 valence electrons.